The molecule has 182 valence electrons. The minimum absolute atomic E-state index is 0.202. The Bertz CT molecular complexity index is 1470. The van der Waals surface area contributed by atoms with Crippen LogP contribution in [0, 0.1) is 0 Å². The van der Waals surface area contributed by atoms with Gasteiger partial charge in [0.15, 0.2) is 4.80 Å². The second-order valence-corrected chi connectivity index (χ2v) is 9.57. The molecule has 3 aromatic rings. The molecule has 1 unspecified atom stereocenters. The lowest BCUT2D eigenvalue weighted by molar-refractivity contribution is -0.139. The number of esters is 1. The van der Waals surface area contributed by atoms with Crippen LogP contribution in [-0.4, -0.2) is 37.6 Å². The van der Waals surface area contributed by atoms with Crippen molar-refractivity contribution in [1.29, 1.82) is 0 Å². The van der Waals surface area contributed by atoms with Gasteiger partial charge in [0.2, 0.25) is 0 Å². The number of thioether (sulfide) groups is 1. The van der Waals surface area contributed by atoms with Crippen LogP contribution in [0.5, 0.6) is 11.5 Å². The molecule has 1 aliphatic rings. The molecule has 0 fully saturated rings. The second kappa shape index (κ2) is 10.5. The highest BCUT2D eigenvalue weighted by Gasteiger charge is 2.35. The van der Waals surface area contributed by atoms with E-state index in [2.05, 4.69) is 4.99 Å². The standard InChI is InChI=1S/C26H26N2O5S2/c1-6-33-25(30)22-15(2)27-26-28(23(22)19-14-17(31-3)9-12-20(19)32-4)24(29)21(35-26)13-16-7-10-18(34-5)11-8-16/h7-14,23H,6H2,1-5H3. The predicted octanol–water partition coefficient (Wildman–Crippen LogP) is 3.54. The van der Waals surface area contributed by atoms with Crippen LogP contribution in [-0.2, 0) is 9.53 Å². The zero-order chi connectivity index (χ0) is 25.1. The van der Waals surface area contributed by atoms with E-state index in [9.17, 15) is 9.59 Å². The number of methoxy groups -OCH3 is 2. The van der Waals surface area contributed by atoms with E-state index in [4.69, 9.17) is 14.2 Å². The summed E-state index contributed by atoms with van der Waals surface area (Å²) in [5.41, 5.74) is 2.06. The van der Waals surface area contributed by atoms with Crippen LogP contribution in [0.2, 0.25) is 0 Å². The van der Waals surface area contributed by atoms with Crippen molar-refractivity contribution in [2.75, 3.05) is 27.1 Å². The monoisotopic (exact) mass is 510 g/mol. The summed E-state index contributed by atoms with van der Waals surface area (Å²) in [6.07, 6.45) is 3.86. The van der Waals surface area contributed by atoms with E-state index >= 15 is 0 Å². The first-order valence-corrected chi connectivity index (χ1v) is 13.0. The Morgan fingerprint density at radius 1 is 1.17 bits per heavy atom. The predicted molar refractivity (Wildman–Crippen MR) is 138 cm³/mol. The topological polar surface area (TPSA) is 79.1 Å². The highest BCUT2D eigenvalue weighted by molar-refractivity contribution is 7.98. The van der Waals surface area contributed by atoms with Crippen molar-refractivity contribution >= 4 is 35.1 Å². The van der Waals surface area contributed by atoms with Crippen LogP contribution in [0.3, 0.4) is 0 Å². The first-order valence-electron chi connectivity index (χ1n) is 11.0. The van der Waals surface area contributed by atoms with Crippen molar-refractivity contribution in [3.05, 3.63) is 84.5 Å². The van der Waals surface area contributed by atoms with E-state index in [1.807, 2.05) is 36.6 Å². The van der Waals surface area contributed by atoms with E-state index in [1.165, 1.54) is 11.3 Å². The lowest BCUT2D eigenvalue weighted by Crippen LogP contribution is -2.40. The van der Waals surface area contributed by atoms with Gasteiger partial charge in [-0.3, -0.25) is 9.36 Å². The first-order chi connectivity index (χ1) is 16.9. The molecule has 35 heavy (non-hydrogen) atoms. The number of allylic oxidation sites excluding steroid dienone is 1. The van der Waals surface area contributed by atoms with Gasteiger partial charge in [-0.05, 0) is 62.1 Å². The zero-order valence-corrected chi connectivity index (χ0v) is 21.8. The summed E-state index contributed by atoms with van der Waals surface area (Å²) in [6.45, 7) is 3.70. The summed E-state index contributed by atoms with van der Waals surface area (Å²) in [7, 11) is 3.11. The van der Waals surface area contributed by atoms with Gasteiger partial charge in [0, 0.05) is 10.5 Å². The van der Waals surface area contributed by atoms with Gasteiger partial charge < -0.3 is 14.2 Å². The molecule has 0 radical (unpaired) electrons. The van der Waals surface area contributed by atoms with E-state index in [-0.39, 0.29) is 12.2 Å². The number of hydrogen-bond acceptors (Lipinski definition) is 8. The number of carbonyl (C=O) groups is 1. The van der Waals surface area contributed by atoms with Gasteiger partial charge >= 0.3 is 5.97 Å². The SMILES string of the molecule is CCOC(=O)C1=C(C)N=c2sc(=Cc3ccc(SC)cc3)c(=O)n2C1c1cc(OC)ccc1OC. The van der Waals surface area contributed by atoms with Gasteiger partial charge in [-0.1, -0.05) is 23.5 Å². The molecule has 0 saturated heterocycles. The Hall–Kier alpha value is -3.30. The van der Waals surface area contributed by atoms with E-state index in [0.29, 0.717) is 37.7 Å². The number of fused-ring (bicyclic) bond motifs is 1. The molecule has 7 nitrogen and oxygen atoms in total. The average molecular weight is 511 g/mol. The van der Waals surface area contributed by atoms with Gasteiger partial charge in [0.05, 0.1) is 36.6 Å². The molecule has 0 spiro atoms. The lowest BCUT2D eigenvalue weighted by atomic mass is 9.94. The molecule has 0 N–H and O–H groups in total. The molecule has 1 aliphatic heterocycles. The van der Waals surface area contributed by atoms with Crippen LogP contribution >= 0.6 is 23.1 Å². The fourth-order valence-corrected chi connectivity index (χ4v) is 5.45. The van der Waals surface area contributed by atoms with Crippen molar-refractivity contribution in [2.45, 2.75) is 24.8 Å². The van der Waals surface area contributed by atoms with E-state index in [0.717, 1.165) is 10.5 Å². The van der Waals surface area contributed by atoms with Gasteiger partial charge in [-0.25, -0.2) is 9.79 Å². The molecule has 2 aromatic carbocycles. The number of benzene rings is 2. The second-order valence-electron chi connectivity index (χ2n) is 7.68. The fraction of sp³-hybridized carbons (Fsp3) is 0.269. The zero-order valence-electron chi connectivity index (χ0n) is 20.2. The minimum atomic E-state index is -0.781. The third kappa shape index (κ3) is 4.78. The molecular weight excluding hydrogens is 484 g/mol. The number of ether oxygens (including phenoxy) is 3. The smallest absolute Gasteiger partial charge is 0.338 e. The van der Waals surface area contributed by atoms with Crippen molar-refractivity contribution < 1.29 is 19.0 Å². The molecule has 9 heteroatoms. The van der Waals surface area contributed by atoms with Crippen LogP contribution < -0.4 is 24.4 Å². The quantitative estimate of drug-likeness (QED) is 0.357. The van der Waals surface area contributed by atoms with Crippen molar-refractivity contribution in [3.63, 3.8) is 0 Å². The van der Waals surface area contributed by atoms with Crippen LogP contribution in [0.4, 0.5) is 0 Å². The Labute approximate surface area is 211 Å². The van der Waals surface area contributed by atoms with E-state index < -0.39 is 12.0 Å². The maximum atomic E-state index is 13.7. The molecule has 0 aliphatic carbocycles. The number of hydrogen-bond donors (Lipinski definition) is 0. The van der Waals surface area contributed by atoms with Crippen LogP contribution in [0.1, 0.15) is 31.0 Å². The Kier molecular flexibility index (Phi) is 7.47. The van der Waals surface area contributed by atoms with Gasteiger partial charge in [0.25, 0.3) is 5.56 Å². The molecular formula is C26H26N2O5S2. The lowest BCUT2D eigenvalue weighted by Gasteiger charge is -2.26. The maximum Gasteiger partial charge on any atom is 0.338 e. The molecule has 4 rings (SSSR count). The van der Waals surface area contributed by atoms with Gasteiger partial charge in [0.1, 0.15) is 17.5 Å². The van der Waals surface area contributed by atoms with E-state index in [1.54, 1.807) is 62.6 Å². The minimum Gasteiger partial charge on any atom is -0.497 e. The summed E-state index contributed by atoms with van der Waals surface area (Å²) in [4.78, 5) is 33.1. The number of rotatable bonds is 7. The van der Waals surface area contributed by atoms with Crippen LogP contribution in [0.15, 0.2) is 68.4 Å². The normalized spacial score (nSPS) is 15.5. The first kappa shape index (κ1) is 24.8. The largest absolute Gasteiger partial charge is 0.497 e. The van der Waals surface area contributed by atoms with Gasteiger partial charge in [-0.2, -0.15) is 0 Å². The Morgan fingerprint density at radius 3 is 2.54 bits per heavy atom. The average Bonchev–Trinajstić information content (AvgIpc) is 3.17. The summed E-state index contributed by atoms with van der Waals surface area (Å²) < 4.78 is 18.5. The van der Waals surface area contributed by atoms with Gasteiger partial charge in [-0.15, -0.1) is 11.8 Å². The summed E-state index contributed by atoms with van der Waals surface area (Å²) in [5, 5.41) is 0. The summed E-state index contributed by atoms with van der Waals surface area (Å²) >= 11 is 2.94. The molecule has 2 heterocycles. The highest BCUT2D eigenvalue weighted by Crippen LogP contribution is 2.37. The maximum absolute atomic E-state index is 13.7. The Balaban J connectivity index is 1.98. The Morgan fingerprint density at radius 2 is 1.91 bits per heavy atom. The molecule has 0 saturated carbocycles. The summed E-state index contributed by atoms with van der Waals surface area (Å²) in [6, 6.07) is 12.5. The molecule has 0 bridgehead atoms. The third-order valence-corrected chi connectivity index (χ3v) is 7.39. The number of aromatic nitrogens is 1. The van der Waals surface area contributed by atoms with Crippen molar-refractivity contribution in [1.82, 2.24) is 4.57 Å². The summed E-state index contributed by atoms with van der Waals surface area (Å²) in [5.74, 6) is 0.578. The molecule has 0 amide bonds. The van der Waals surface area contributed by atoms with Crippen LogP contribution in [0.25, 0.3) is 6.08 Å². The fourth-order valence-electron chi connectivity index (χ4n) is 3.99. The molecule has 1 atom stereocenters. The number of thiazole rings is 1. The number of nitrogens with zero attached hydrogens (tertiary/aromatic N) is 2. The molecule has 1 aromatic heterocycles. The van der Waals surface area contributed by atoms with Crippen molar-refractivity contribution in [3.8, 4) is 11.5 Å². The number of carbonyl (C=O) groups excluding carboxylic acids is 1. The highest BCUT2D eigenvalue weighted by atomic mass is 32.2. The van der Waals surface area contributed by atoms with Crippen molar-refractivity contribution in [2.24, 2.45) is 4.99 Å². The third-order valence-electron chi connectivity index (χ3n) is 5.66.